The highest BCUT2D eigenvalue weighted by Crippen LogP contribution is 2.14. The number of nitrogens with zero attached hydrogens (tertiary/aromatic N) is 1. The second-order valence-corrected chi connectivity index (χ2v) is 7.07. The topological polar surface area (TPSA) is 27.3 Å². The molecule has 0 aromatic heterocycles. The lowest BCUT2D eigenvalue weighted by molar-refractivity contribution is 0.331. The maximum absolute atomic E-state index is 5.41. The van der Waals surface area contributed by atoms with Crippen LogP contribution < -0.4 is 10.6 Å². The zero-order chi connectivity index (χ0) is 17.5. The van der Waals surface area contributed by atoms with Crippen LogP contribution in [-0.4, -0.2) is 23.1 Å². The normalized spacial score (nSPS) is 14.4. The lowest BCUT2D eigenvalue weighted by Crippen LogP contribution is -2.27. The fourth-order valence-electron chi connectivity index (χ4n) is 3.19. The molecule has 0 amide bonds. The summed E-state index contributed by atoms with van der Waals surface area (Å²) in [6, 6.07) is 17.2. The van der Waals surface area contributed by atoms with E-state index in [9.17, 15) is 0 Å². The number of likely N-dealkylation sites (tertiary alicyclic amines) is 1. The van der Waals surface area contributed by atoms with Gasteiger partial charge >= 0.3 is 0 Å². The number of aryl methyl sites for hydroxylation is 1. The van der Waals surface area contributed by atoms with Crippen molar-refractivity contribution in [1.82, 2.24) is 10.2 Å². The van der Waals surface area contributed by atoms with Crippen molar-refractivity contribution in [2.45, 2.75) is 39.3 Å². The first-order valence-electron chi connectivity index (χ1n) is 9.17. The van der Waals surface area contributed by atoms with Gasteiger partial charge in [0.2, 0.25) is 0 Å². The summed E-state index contributed by atoms with van der Waals surface area (Å²) in [7, 11) is 0. The van der Waals surface area contributed by atoms with E-state index < -0.39 is 0 Å². The third-order valence-electron chi connectivity index (χ3n) is 4.67. The predicted molar refractivity (Wildman–Crippen MR) is 110 cm³/mol. The molecule has 25 heavy (non-hydrogen) atoms. The molecule has 4 heteroatoms. The average Bonchev–Trinajstić information content (AvgIpc) is 3.14. The van der Waals surface area contributed by atoms with E-state index in [1.54, 1.807) is 0 Å². The zero-order valence-electron chi connectivity index (χ0n) is 14.9. The van der Waals surface area contributed by atoms with E-state index in [0.29, 0.717) is 5.11 Å². The van der Waals surface area contributed by atoms with Crippen LogP contribution in [0.5, 0.6) is 0 Å². The van der Waals surface area contributed by atoms with E-state index in [1.165, 1.54) is 42.6 Å². The largest absolute Gasteiger partial charge is 0.358 e. The van der Waals surface area contributed by atoms with Crippen molar-refractivity contribution < 1.29 is 0 Å². The van der Waals surface area contributed by atoms with Gasteiger partial charge in [-0.15, -0.1) is 0 Å². The molecule has 1 heterocycles. The number of anilines is 1. The Morgan fingerprint density at radius 1 is 1.00 bits per heavy atom. The van der Waals surface area contributed by atoms with Gasteiger partial charge in [-0.3, -0.25) is 4.90 Å². The van der Waals surface area contributed by atoms with Gasteiger partial charge in [0.1, 0.15) is 0 Å². The summed E-state index contributed by atoms with van der Waals surface area (Å²) in [5.74, 6) is 0. The molecule has 0 unspecified atom stereocenters. The smallest absolute Gasteiger partial charge is 0.171 e. The van der Waals surface area contributed by atoms with Crippen LogP contribution in [0, 0.1) is 0 Å². The monoisotopic (exact) mass is 353 g/mol. The van der Waals surface area contributed by atoms with Crippen LogP contribution in [0.25, 0.3) is 0 Å². The number of hydrogen-bond donors (Lipinski definition) is 2. The summed E-state index contributed by atoms with van der Waals surface area (Å²) in [5.41, 5.74) is 4.98. The molecule has 0 spiro atoms. The Morgan fingerprint density at radius 3 is 2.44 bits per heavy atom. The molecule has 0 atom stereocenters. The Labute approximate surface area is 156 Å². The molecule has 0 bridgehead atoms. The SMILES string of the molecule is CCc1cccc(NC(=S)NCc2ccc(CN3CCCC3)cc2)c1. The molecule has 2 N–H and O–H groups in total. The van der Waals surface area contributed by atoms with E-state index in [4.69, 9.17) is 12.2 Å². The molecule has 3 rings (SSSR count). The highest BCUT2D eigenvalue weighted by Gasteiger charge is 2.11. The number of benzene rings is 2. The Bertz CT molecular complexity index is 691. The van der Waals surface area contributed by atoms with Crippen LogP contribution in [0.15, 0.2) is 48.5 Å². The number of rotatable bonds is 6. The Kier molecular flexibility index (Phi) is 6.42. The van der Waals surface area contributed by atoms with Gasteiger partial charge in [-0.1, -0.05) is 43.3 Å². The average molecular weight is 354 g/mol. The molecule has 0 saturated carbocycles. The summed E-state index contributed by atoms with van der Waals surface area (Å²) < 4.78 is 0. The van der Waals surface area contributed by atoms with Crippen LogP contribution in [-0.2, 0) is 19.5 Å². The second-order valence-electron chi connectivity index (χ2n) is 6.66. The van der Waals surface area contributed by atoms with Gasteiger partial charge in [0.05, 0.1) is 0 Å². The van der Waals surface area contributed by atoms with Gasteiger partial charge in [0, 0.05) is 18.8 Å². The fourth-order valence-corrected chi connectivity index (χ4v) is 3.38. The van der Waals surface area contributed by atoms with Crippen molar-refractivity contribution in [3.05, 3.63) is 65.2 Å². The fraction of sp³-hybridized carbons (Fsp3) is 0.381. The van der Waals surface area contributed by atoms with Crippen LogP contribution in [0.1, 0.15) is 36.5 Å². The van der Waals surface area contributed by atoms with E-state index in [1.807, 2.05) is 6.07 Å². The van der Waals surface area contributed by atoms with E-state index in [0.717, 1.165) is 25.2 Å². The number of hydrogen-bond acceptors (Lipinski definition) is 2. The highest BCUT2D eigenvalue weighted by molar-refractivity contribution is 7.80. The van der Waals surface area contributed by atoms with Gasteiger partial charge in [-0.2, -0.15) is 0 Å². The standard InChI is InChI=1S/C21H27N3S/c1-2-17-6-5-7-20(14-17)23-21(25)22-15-18-8-10-19(11-9-18)16-24-12-3-4-13-24/h5-11,14H,2-4,12-13,15-16H2,1H3,(H2,22,23,25). The molecule has 0 radical (unpaired) electrons. The molecule has 1 aliphatic rings. The Hall–Kier alpha value is -1.91. The molecule has 3 nitrogen and oxygen atoms in total. The lowest BCUT2D eigenvalue weighted by atomic mass is 10.1. The van der Waals surface area contributed by atoms with Crippen molar-refractivity contribution in [3.63, 3.8) is 0 Å². The Morgan fingerprint density at radius 2 is 1.72 bits per heavy atom. The van der Waals surface area contributed by atoms with E-state index in [2.05, 4.69) is 64.9 Å². The van der Waals surface area contributed by atoms with Crippen molar-refractivity contribution >= 4 is 23.0 Å². The molecular weight excluding hydrogens is 326 g/mol. The minimum absolute atomic E-state index is 0.661. The first-order chi connectivity index (χ1) is 12.2. The van der Waals surface area contributed by atoms with Crippen LogP contribution >= 0.6 is 12.2 Å². The quantitative estimate of drug-likeness (QED) is 0.756. The minimum atomic E-state index is 0.661. The third kappa shape index (κ3) is 5.55. The van der Waals surface area contributed by atoms with Crippen LogP contribution in [0.2, 0.25) is 0 Å². The molecule has 1 fully saturated rings. The van der Waals surface area contributed by atoms with Crippen LogP contribution in [0.3, 0.4) is 0 Å². The summed E-state index contributed by atoms with van der Waals surface area (Å²) in [4.78, 5) is 2.52. The Balaban J connectivity index is 1.46. The zero-order valence-corrected chi connectivity index (χ0v) is 15.7. The van der Waals surface area contributed by atoms with Crippen molar-refractivity contribution in [2.75, 3.05) is 18.4 Å². The molecule has 0 aliphatic carbocycles. The first kappa shape index (κ1) is 17.9. The molecule has 2 aromatic carbocycles. The maximum Gasteiger partial charge on any atom is 0.171 e. The summed E-state index contributed by atoms with van der Waals surface area (Å²) in [6.07, 6.45) is 3.71. The minimum Gasteiger partial charge on any atom is -0.358 e. The van der Waals surface area contributed by atoms with Gasteiger partial charge in [0.25, 0.3) is 0 Å². The first-order valence-corrected chi connectivity index (χ1v) is 9.58. The van der Waals surface area contributed by atoms with Crippen LogP contribution in [0.4, 0.5) is 5.69 Å². The van der Waals surface area contributed by atoms with E-state index >= 15 is 0 Å². The van der Waals surface area contributed by atoms with Gasteiger partial charge < -0.3 is 10.6 Å². The molecule has 132 valence electrons. The van der Waals surface area contributed by atoms with Crippen molar-refractivity contribution in [2.24, 2.45) is 0 Å². The number of thiocarbonyl (C=S) groups is 1. The highest BCUT2D eigenvalue weighted by atomic mass is 32.1. The molecule has 1 aliphatic heterocycles. The van der Waals surface area contributed by atoms with E-state index in [-0.39, 0.29) is 0 Å². The van der Waals surface area contributed by atoms with Gasteiger partial charge in [-0.05, 0) is 73.4 Å². The molecule has 1 saturated heterocycles. The molecule has 2 aromatic rings. The summed E-state index contributed by atoms with van der Waals surface area (Å²) in [5, 5.41) is 7.21. The summed E-state index contributed by atoms with van der Waals surface area (Å²) >= 11 is 5.41. The van der Waals surface area contributed by atoms with Crippen molar-refractivity contribution in [3.8, 4) is 0 Å². The maximum atomic E-state index is 5.41. The lowest BCUT2D eigenvalue weighted by Gasteiger charge is -2.15. The predicted octanol–water partition coefficient (Wildman–Crippen LogP) is 4.33. The van der Waals surface area contributed by atoms with Gasteiger partial charge in [-0.25, -0.2) is 0 Å². The molecular formula is C21H27N3S. The van der Waals surface area contributed by atoms with Crippen molar-refractivity contribution in [1.29, 1.82) is 0 Å². The third-order valence-corrected chi connectivity index (χ3v) is 4.92. The second kappa shape index (κ2) is 8.97. The summed E-state index contributed by atoms with van der Waals surface area (Å²) in [6.45, 7) is 6.44. The number of nitrogens with one attached hydrogen (secondary N) is 2. The van der Waals surface area contributed by atoms with Gasteiger partial charge in [0.15, 0.2) is 5.11 Å².